The number of rotatable bonds is 4. The van der Waals surface area contributed by atoms with Gasteiger partial charge in [-0.1, -0.05) is 17.8 Å². The summed E-state index contributed by atoms with van der Waals surface area (Å²) in [7, 11) is -0.608. The number of aromatic nitrogens is 1. The highest BCUT2D eigenvalue weighted by atomic mass is 79.9. The summed E-state index contributed by atoms with van der Waals surface area (Å²) in [5.74, 6) is 0. The molecule has 0 saturated carbocycles. The number of nitrogen functional groups attached to an aromatic ring is 1. The summed E-state index contributed by atoms with van der Waals surface area (Å²) in [6, 6.07) is 8.66. The van der Waals surface area contributed by atoms with Crippen LogP contribution in [0.4, 0.5) is 5.69 Å². The maximum Gasteiger partial charge on any atom is 0.244 e. The lowest BCUT2D eigenvalue weighted by Gasteiger charge is -2.15. The zero-order valence-corrected chi connectivity index (χ0v) is 14.7. The maximum absolute atomic E-state index is 12.2. The van der Waals surface area contributed by atoms with Crippen LogP contribution in [0.25, 0.3) is 0 Å². The van der Waals surface area contributed by atoms with E-state index in [9.17, 15) is 8.42 Å². The maximum atomic E-state index is 12.2. The third-order valence-electron chi connectivity index (χ3n) is 2.70. The highest BCUT2D eigenvalue weighted by Gasteiger charge is 2.22. The first-order valence-electron chi connectivity index (χ1n) is 5.93. The van der Waals surface area contributed by atoms with E-state index in [1.807, 2.05) is 12.1 Å². The zero-order chi connectivity index (χ0) is 15.6. The lowest BCUT2D eigenvalue weighted by atomic mass is 10.3. The van der Waals surface area contributed by atoms with Crippen LogP contribution in [0.3, 0.4) is 0 Å². The van der Waals surface area contributed by atoms with Crippen LogP contribution in [-0.4, -0.2) is 31.8 Å². The Kier molecular flexibility index (Phi) is 4.92. The van der Waals surface area contributed by atoms with Crippen LogP contribution in [0, 0.1) is 0 Å². The first-order chi connectivity index (χ1) is 9.82. The fraction of sp³-hybridized carbons (Fsp3) is 0.154. The van der Waals surface area contributed by atoms with Crippen molar-refractivity contribution in [3.8, 4) is 0 Å². The molecule has 0 radical (unpaired) electrons. The van der Waals surface area contributed by atoms with Gasteiger partial charge in [0.2, 0.25) is 10.0 Å². The van der Waals surface area contributed by atoms with Crippen molar-refractivity contribution >= 4 is 43.4 Å². The van der Waals surface area contributed by atoms with Crippen molar-refractivity contribution < 1.29 is 8.42 Å². The molecule has 0 bridgehead atoms. The van der Waals surface area contributed by atoms with Gasteiger partial charge in [-0.2, -0.15) is 0 Å². The largest absolute Gasteiger partial charge is 0.397 e. The van der Waals surface area contributed by atoms with Crippen molar-refractivity contribution in [1.82, 2.24) is 9.29 Å². The van der Waals surface area contributed by atoms with E-state index in [0.717, 1.165) is 13.8 Å². The Hall–Kier alpha value is -1.09. The normalized spacial score (nSPS) is 11.8. The molecule has 0 aliphatic heterocycles. The van der Waals surface area contributed by atoms with Crippen LogP contribution in [-0.2, 0) is 10.0 Å². The molecule has 8 heteroatoms. The summed E-state index contributed by atoms with van der Waals surface area (Å²) in [5.41, 5.74) is 6.26. The first kappa shape index (κ1) is 16.3. The quantitative estimate of drug-likeness (QED) is 0.816. The molecule has 2 N–H and O–H groups in total. The SMILES string of the molecule is CN(C)S(=O)(=O)c1cccc(Sc2ccc(Br)cn2)c1N. The van der Waals surface area contributed by atoms with Gasteiger partial charge in [-0.15, -0.1) is 0 Å². The van der Waals surface area contributed by atoms with E-state index in [1.54, 1.807) is 18.3 Å². The van der Waals surface area contributed by atoms with Gasteiger partial charge in [0.05, 0.1) is 5.69 Å². The highest BCUT2D eigenvalue weighted by molar-refractivity contribution is 9.10. The van der Waals surface area contributed by atoms with Crippen LogP contribution in [0.5, 0.6) is 0 Å². The fourth-order valence-corrected chi connectivity index (χ4v) is 3.73. The van der Waals surface area contributed by atoms with E-state index in [4.69, 9.17) is 5.73 Å². The van der Waals surface area contributed by atoms with Crippen molar-refractivity contribution in [2.75, 3.05) is 19.8 Å². The Labute approximate surface area is 136 Å². The number of hydrogen-bond donors (Lipinski definition) is 1. The van der Waals surface area contributed by atoms with Gasteiger partial charge in [-0.3, -0.25) is 0 Å². The molecule has 5 nitrogen and oxygen atoms in total. The number of nitrogens with zero attached hydrogens (tertiary/aromatic N) is 2. The van der Waals surface area contributed by atoms with Gasteiger partial charge in [0.25, 0.3) is 0 Å². The average molecular weight is 388 g/mol. The number of pyridine rings is 1. The van der Waals surface area contributed by atoms with Gasteiger partial charge in [0, 0.05) is 29.7 Å². The molecule has 0 unspecified atom stereocenters. The van der Waals surface area contributed by atoms with Crippen molar-refractivity contribution in [2.45, 2.75) is 14.8 Å². The lowest BCUT2D eigenvalue weighted by Crippen LogP contribution is -2.23. The minimum absolute atomic E-state index is 0.106. The van der Waals surface area contributed by atoms with Crippen LogP contribution in [0.1, 0.15) is 0 Å². The third kappa shape index (κ3) is 3.57. The molecule has 2 rings (SSSR count). The smallest absolute Gasteiger partial charge is 0.244 e. The van der Waals surface area contributed by atoms with E-state index in [1.165, 1.54) is 31.9 Å². The number of para-hydroxylation sites is 1. The number of sulfonamides is 1. The Morgan fingerprint density at radius 1 is 1.24 bits per heavy atom. The van der Waals surface area contributed by atoms with Gasteiger partial charge >= 0.3 is 0 Å². The van der Waals surface area contributed by atoms with E-state index < -0.39 is 10.0 Å². The summed E-state index contributed by atoms with van der Waals surface area (Å²) in [6.45, 7) is 0. The first-order valence-corrected chi connectivity index (χ1v) is 8.98. The third-order valence-corrected chi connectivity index (χ3v) is 6.07. The number of anilines is 1. The van der Waals surface area contributed by atoms with Crippen LogP contribution >= 0.6 is 27.7 Å². The average Bonchev–Trinajstić information content (AvgIpc) is 2.43. The van der Waals surface area contributed by atoms with E-state index in [2.05, 4.69) is 20.9 Å². The predicted octanol–water partition coefficient (Wildman–Crippen LogP) is 2.83. The topological polar surface area (TPSA) is 76.3 Å². The van der Waals surface area contributed by atoms with Crippen LogP contribution in [0.2, 0.25) is 0 Å². The molecule has 0 fully saturated rings. The van der Waals surface area contributed by atoms with E-state index in [0.29, 0.717) is 4.90 Å². The lowest BCUT2D eigenvalue weighted by molar-refractivity contribution is 0.521. The Bertz CT molecular complexity index is 747. The predicted molar refractivity (Wildman–Crippen MR) is 87.8 cm³/mol. The minimum Gasteiger partial charge on any atom is -0.397 e. The zero-order valence-electron chi connectivity index (χ0n) is 11.4. The molecule has 0 spiro atoms. The van der Waals surface area contributed by atoms with Gasteiger partial charge in [-0.25, -0.2) is 17.7 Å². The summed E-state index contributed by atoms with van der Waals surface area (Å²) in [6.07, 6.45) is 1.68. The summed E-state index contributed by atoms with van der Waals surface area (Å²) < 4.78 is 26.5. The molecule has 0 amide bonds. The molecule has 2 aromatic rings. The second kappa shape index (κ2) is 6.35. The van der Waals surface area contributed by atoms with Crippen LogP contribution in [0.15, 0.2) is 55.8 Å². The molecule has 0 aliphatic rings. The molecular weight excluding hydrogens is 374 g/mol. The second-order valence-corrected chi connectivity index (χ2v) is 8.47. The second-order valence-electron chi connectivity index (χ2n) is 4.37. The Balaban J connectivity index is 2.41. The van der Waals surface area contributed by atoms with Crippen LogP contribution < -0.4 is 5.73 Å². The molecule has 1 aromatic carbocycles. The highest BCUT2D eigenvalue weighted by Crippen LogP contribution is 2.35. The monoisotopic (exact) mass is 387 g/mol. The minimum atomic E-state index is -3.56. The standard InChI is InChI=1S/C13H14BrN3O2S2/c1-17(2)21(18,19)11-5-3-4-10(13(11)15)20-12-7-6-9(14)8-16-12/h3-8H,15H2,1-2H3. The van der Waals surface area contributed by atoms with Gasteiger partial charge in [0.15, 0.2) is 0 Å². The molecule has 0 atom stereocenters. The summed E-state index contributed by atoms with van der Waals surface area (Å²) in [5, 5.41) is 0.740. The number of hydrogen-bond acceptors (Lipinski definition) is 5. The number of nitrogens with two attached hydrogens (primary N) is 1. The van der Waals surface area contributed by atoms with E-state index in [-0.39, 0.29) is 10.6 Å². The number of halogens is 1. The molecule has 112 valence electrons. The van der Waals surface area contributed by atoms with Crippen molar-refractivity contribution in [2.24, 2.45) is 0 Å². The van der Waals surface area contributed by atoms with Gasteiger partial charge < -0.3 is 5.73 Å². The van der Waals surface area contributed by atoms with E-state index >= 15 is 0 Å². The molecule has 0 saturated heterocycles. The molecular formula is C13H14BrN3O2S2. The Morgan fingerprint density at radius 3 is 2.52 bits per heavy atom. The summed E-state index contributed by atoms with van der Waals surface area (Å²) >= 11 is 4.64. The molecule has 1 aromatic heterocycles. The van der Waals surface area contributed by atoms with Gasteiger partial charge in [0.1, 0.15) is 9.92 Å². The van der Waals surface area contributed by atoms with Gasteiger partial charge in [-0.05, 0) is 40.2 Å². The number of benzene rings is 1. The Morgan fingerprint density at radius 2 is 1.95 bits per heavy atom. The molecule has 0 aliphatic carbocycles. The fourth-order valence-electron chi connectivity index (χ4n) is 1.57. The van der Waals surface area contributed by atoms with Crippen molar-refractivity contribution in [1.29, 1.82) is 0 Å². The molecule has 21 heavy (non-hydrogen) atoms. The van der Waals surface area contributed by atoms with Crippen molar-refractivity contribution in [3.05, 3.63) is 41.0 Å². The summed E-state index contributed by atoms with van der Waals surface area (Å²) in [4.78, 5) is 5.01. The molecule has 1 heterocycles. The van der Waals surface area contributed by atoms with Crippen molar-refractivity contribution in [3.63, 3.8) is 0 Å².